The summed E-state index contributed by atoms with van der Waals surface area (Å²) in [6.45, 7) is 3.01. The third-order valence-corrected chi connectivity index (χ3v) is 3.64. The van der Waals surface area contributed by atoms with E-state index in [1.807, 2.05) is 6.92 Å². The molecule has 1 saturated carbocycles. The van der Waals surface area contributed by atoms with Crippen molar-refractivity contribution in [3.8, 4) is 0 Å². The number of carbonyl (C=O) groups excluding carboxylic acids is 1. The summed E-state index contributed by atoms with van der Waals surface area (Å²) >= 11 is 6.06. The second kappa shape index (κ2) is 5.24. The predicted octanol–water partition coefficient (Wildman–Crippen LogP) is 1.02. The van der Waals surface area contributed by atoms with Crippen LogP contribution in [0.25, 0.3) is 5.78 Å². The number of halogens is 1. The molecule has 1 aliphatic carbocycles. The molecule has 3 rings (SSSR count). The van der Waals surface area contributed by atoms with Gasteiger partial charge in [0.05, 0.1) is 0 Å². The molecule has 1 fully saturated rings. The lowest BCUT2D eigenvalue weighted by molar-refractivity contribution is -0.122. The highest BCUT2D eigenvalue weighted by Gasteiger charge is 2.28. The largest absolute Gasteiger partial charge is 0.368 e. The molecule has 2 heterocycles. The molecule has 2 N–H and O–H groups in total. The smallest absolute Gasteiger partial charge is 0.255 e. The standard InChI is InChI=1S/C12H15ClN6O/c1-7-9(13)18-12-16-6-17-19(12)10(7)14-4-5-15-11(20)8-2-3-8/h6,8,14H,2-5H2,1H3,(H,15,20). The van der Waals surface area contributed by atoms with Gasteiger partial charge in [-0.2, -0.15) is 19.6 Å². The minimum Gasteiger partial charge on any atom is -0.368 e. The third-order valence-electron chi connectivity index (χ3n) is 3.27. The highest BCUT2D eigenvalue weighted by molar-refractivity contribution is 6.30. The van der Waals surface area contributed by atoms with Gasteiger partial charge in [-0.25, -0.2) is 0 Å². The molecule has 20 heavy (non-hydrogen) atoms. The first-order valence-electron chi connectivity index (χ1n) is 6.54. The summed E-state index contributed by atoms with van der Waals surface area (Å²) in [5.41, 5.74) is 0.804. The number of carbonyl (C=O) groups is 1. The van der Waals surface area contributed by atoms with E-state index in [1.165, 1.54) is 6.33 Å². The molecule has 106 valence electrons. The number of nitrogens with one attached hydrogen (secondary N) is 2. The van der Waals surface area contributed by atoms with E-state index in [0.717, 1.165) is 24.2 Å². The van der Waals surface area contributed by atoms with Gasteiger partial charge in [0.1, 0.15) is 17.3 Å². The minimum absolute atomic E-state index is 0.141. The lowest BCUT2D eigenvalue weighted by Crippen LogP contribution is -2.30. The molecule has 1 amide bonds. The van der Waals surface area contributed by atoms with Crippen LogP contribution in [-0.4, -0.2) is 38.6 Å². The van der Waals surface area contributed by atoms with Crippen molar-refractivity contribution in [1.82, 2.24) is 24.9 Å². The van der Waals surface area contributed by atoms with Crippen molar-refractivity contribution in [3.63, 3.8) is 0 Å². The zero-order valence-electron chi connectivity index (χ0n) is 11.1. The van der Waals surface area contributed by atoms with Gasteiger partial charge < -0.3 is 10.6 Å². The van der Waals surface area contributed by atoms with Gasteiger partial charge in [0, 0.05) is 24.6 Å². The molecule has 0 aliphatic heterocycles. The molecule has 2 aromatic rings. The van der Waals surface area contributed by atoms with Crippen LogP contribution in [0.1, 0.15) is 18.4 Å². The molecular formula is C12H15ClN6O. The number of rotatable bonds is 5. The van der Waals surface area contributed by atoms with Crippen LogP contribution in [0.15, 0.2) is 6.33 Å². The van der Waals surface area contributed by atoms with E-state index in [1.54, 1.807) is 4.52 Å². The Hall–Kier alpha value is -1.89. The molecule has 0 aromatic carbocycles. The molecule has 0 bridgehead atoms. The van der Waals surface area contributed by atoms with Crippen LogP contribution in [0, 0.1) is 12.8 Å². The van der Waals surface area contributed by atoms with Crippen LogP contribution in [-0.2, 0) is 4.79 Å². The summed E-state index contributed by atoms with van der Waals surface area (Å²) in [6, 6.07) is 0. The van der Waals surface area contributed by atoms with E-state index >= 15 is 0 Å². The number of nitrogens with zero attached hydrogens (tertiary/aromatic N) is 4. The van der Waals surface area contributed by atoms with E-state index in [9.17, 15) is 4.79 Å². The Kier molecular flexibility index (Phi) is 3.43. The van der Waals surface area contributed by atoms with E-state index < -0.39 is 0 Å². The molecule has 1 aliphatic rings. The molecule has 0 atom stereocenters. The zero-order chi connectivity index (χ0) is 14.1. The Morgan fingerprint density at radius 2 is 2.30 bits per heavy atom. The van der Waals surface area contributed by atoms with E-state index in [-0.39, 0.29) is 11.8 Å². The fourth-order valence-corrected chi connectivity index (χ4v) is 2.13. The fourth-order valence-electron chi connectivity index (χ4n) is 1.96. The van der Waals surface area contributed by atoms with Crippen LogP contribution >= 0.6 is 11.6 Å². The summed E-state index contributed by atoms with van der Waals surface area (Å²) in [5, 5.41) is 10.6. The Balaban J connectivity index is 1.65. The number of amides is 1. The summed E-state index contributed by atoms with van der Waals surface area (Å²) < 4.78 is 1.60. The molecule has 0 unspecified atom stereocenters. The molecule has 8 heteroatoms. The Labute approximate surface area is 120 Å². The zero-order valence-corrected chi connectivity index (χ0v) is 11.8. The maximum absolute atomic E-state index is 11.5. The van der Waals surface area contributed by atoms with Crippen molar-refractivity contribution in [2.45, 2.75) is 19.8 Å². The van der Waals surface area contributed by atoms with Crippen molar-refractivity contribution in [2.24, 2.45) is 5.92 Å². The third kappa shape index (κ3) is 2.53. The van der Waals surface area contributed by atoms with E-state index in [0.29, 0.717) is 24.0 Å². The quantitative estimate of drug-likeness (QED) is 0.635. The second-order valence-corrected chi connectivity index (χ2v) is 5.20. The average molecular weight is 295 g/mol. The maximum Gasteiger partial charge on any atom is 0.255 e. The van der Waals surface area contributed by atoms with Gasteiger partial charge in [0.15, 0.2) is 0 Å². The van der Waals surface area contributed by atoms with Crippen LogP contribution < -0.4 is 10.6 Å². The van der Waals surface area contributed by atoms with Crippen LogP contribution in [0.2, 0.25) is 5.15 Å². The minimum atomic E-state index is 0.141. The van der Waals surface area contributed by atoms with Crippen LogP contribution in [0.3, 0.4) is 0 Å². The van der Waals surface area contributed by atoms with Crippen LogP contribution in [0.4, 0.5) is 5.82 Å². The molecule has 0 saturated heterocycles. The van der Waals surface area contributed by atoms with Gasteiger partial charge in [0.25, 0.3) is 5.78 Å². The Morgan fingerprint density at radius 3 is 3.05 bits per heavy atom. The van der Waals surface area contributed by atoms with E-state index in [4.69, 9.17) is 11.6 Å². The lowest BCUT2D eigenvalue weighted by Gasteiger charge is -2.12. The summed E-state index contributed by atoms with van der Waals surface area (Å²) in [6.07, 6.45) is 3.45. The fraction of sp³-hybridized carbons (Fsp3) is 0.500. The molecular weight excluding hydrogens is 280 g/mol. The summed E-state index contributed by atoms with van der Waals surface area (Å²) in [5.74, 6) is 1.57. The normalized spacial score (nSPS) is 14.5. The Morgan fingerprint density at radius 1 is 1.50 bits per heavy atom. The predicted molar refractivity (Wildman–Crippen MR) is 74.8 cm³/mol. The van der Waals surface area contributed by atoms with Gasteiger partial charge in [-0.3, -0.25) is 4.79 Å². The summed E-state index contributed by atoms with van der Waals surface area (Å²) in [7, 11) is 0. The van der Waals surface area contributed by atoms with E-state index in [2.05, 4.69) is 25.7 Å². The SMILES string of the molecule is Cc1c(Cl)nc2ncnn2c1NCCNC(=O)C1CC1. The van der Waals surface area contributed by atoms with Gasteiger partial charge in [0.2, 0.25) is 5.91 Å². The second-order valence-electron chi connectivity index (χ2n) is 4.84. The molecule has 2 aromatic heterocycles. The van der Waals surface area contributed by atoms with Gasteiger partial charge >= 0.3 is 0 Å². The number of hydrogen-bond donors (Lipinski definition) is 2. The van der Waals surface area contributed by atoms with Gasteiger partial charge in [-0.05, 0) is 19.8 Å². The highest BCUT2D eigenvalue weighted by atomic mass is 35.5. The maximum atomic E-state index is 11.5. The molecule has 7 nitrogen and oxygen atoms in total. The van der Waals surface area contributed by atoms with Gasteiger partial charge in [-0.15, -0.1) is 0 Å². The topological polar surface area (TPSA) is 84.2 Å². The number of hydrogen-bond acceptors (Lipinski definition) is 5. The monoisotopic (exact) mass is 294 g/mol. The first-order chi connectivity index (χ1) is 9.66. The molecule has 0 radical (unpaired) electrons. The number of aromatic nitrogens is 4. The average Bonchev–Trinajstić information content (AvgIpc) is 3.18. The Bertz CT molecular complexity index is 651. The van der Waals surface area contributed by atoms with Crippen molar-refractivity contribution >= 4 is 29.1 Å². The highest BCUT2D eigenvalue weighted by Crippen LogP contribution is 2.28. The summed E-state index contributed by atoms with van der Waals surface area (Å²) in [4.78, 5) is 19.7. The van der Waals surface area contributed by atoms with Gasteiger partial charge in [-0.1, -0.05) is 11.6 Å². The molecule has 0 spiro atoms. The van der Waals surface area contributed by atoms with Crippen molar-refractivity contribution in [1.29, 1.82) is 0 Å². The first kappa shape index (κ1) is 13.1. The lowest BCUT2D eigenvalue weighted by atomic mass is 10.3. The first-order valence-corrected chi connectivity index (χ1v) is 6.92. The van der Waals surface area contributed by atoms with Crippen molar-refractivity contribution in [2.75, 3.05) is 18.4 Å². The van der Waals surface area contributed by atoms with Crippen molar-refractivity contribution < 1.29 is 4.79 Å². The van der Waals surface area contributed by atoms with Crippen molar-refractivity contribution in [3.05, 3.63) is 17.0 Å². The number of fused-ring (bicyclic) bond motifs is 1. The number of anilines is 1. The van der Waals surface area contributed by atoms with Crippen LogP contribution in [0.5, 0.6) is 0 Å².